The molecule has 13 atom stereocenters. The molecule has 4 aliphatic rings. The van der Waals surface area contributed by atoms with Crippen LogP contribution in [0, 0.1) is 11.8 Å². The fraction of sp³-hybridized carbons (Fsp3) is 0.562. The number of rotatable bonds is 11. The molecule has 0 unspecified atom stereocenters. The van der Waals surface area contributed by atoms with E-state index in [2.05, 4.69) is 0 Å². The van der Waals surface area contributed by atoms with Crippen LogP contribution in [-0.2, 0) is 42.7 Å². The van der Waals surface area contributed by atoms with E-state index in [-0.39, 0.29) is 17.9 Å². The summed E-state index contributed by atoms with van der Waals surface area (Å²) in [6.07, 6.45) is -12.0. The van der Waals surface area contributed by atoms with Crippen LogP contribution >= 0.6 is 0 Å². The molecule has 5 rings (SSSR count). The first-order valence-electron chi connectivity index (χ1n) is 15.5. The minimum absolute atomic E-state index is 0.0487. The molecule has 2 saturated heterocycles. The van der Waals surface area contributed by atoms with Crippen LogP contribution in [0.15, 0.2) is 53.8 Å². The van der Waals surface area contributed by atoms with Gasteiger partial charge in [-0.2, -0.15) is 0 Å². The number of esters is 2. The smallest absolute Gasteiger partial charge is 0.337 e. The molecule has 3 heterocycles. The van der Waals surface area contributed by atoms with Crippen molar-refractivity contribution in [2.24, 2.45) is 11.8 Å². The number of hydrogen-bond acceptors (Lipinski definition) is 17. The van der Waals surface area contributed by atoms with Crippen molar-refractivity contribution in [3.8, 4) is 5.75 Å². The van der Waals surface area contributed by atoms with Crippen LogP contribution in [-0.4, -0.2) is 147 Å². The summed E-state index contributed by atoms with van der Waals surface area (Å²) in [6.45, 7) is -1.51. The second kappa shape index (κ2) is 16.0. The van der Waals surface area contributed by atoms with E-state index in [1.807, 2.05) is 0 Å². The third-order valence-corrected chi connectivity index (χ3v) is 8.85. The highest BCUT2D eigenvalue weighted by Crippen LogP contribution is 2.44. The number of ether oxygens (including phenoxy) is 7. The molecular weight excluding hydrogens is 656 g/mol. The molecule has 0 radical (unpaired) electrons. The molecule has 0 aromatic heterocycles. The van der Waals surface area contributed by atoms with E-state index in [0.29, 0.717) is 17.6 Å². The Labute approximate surface area is 279 Å². The number of aliphatic hydroxyl groups excluding tert-OH is 7. The Hall–Kier alpha value is -3.46. The van der Waals surface area contributed by atoms with Crippen LogP contribution < -0.4 is 0 Å². The molecule has 0 spiro atoms. The number of methoxy groups -OCH3 is 1. The number of aromatic hydroxyl groups is 1. The first kappa shape index (κ1) is 36.8. The fourth-order valence-electron chi connectivity index (χ4n) is 6.06. The minimum Gasteiger partial charge on any atom is -0.508 e. The first-order valence-corrected chi connectivity index (χ1v) is 15.5. The molecule has 1 aromatic carbocycles. The largest absolute Gasteiger partial charge is 0.508 e. The molecule has 1 aliphatic carbocycles. The van der Waals surface area contributed by atoms with Gasteiger partial charge in [0.1, 0.15) is 61.2 Å². The van der Waals surface area contributed by atoms with Crippen LogP contribution in [0.4, 0.5) is 0 Å². The van der Waals surface area contributed by atoms with Crippen molar-refractivity contribution < 1.29 is 83.6 Å². The van der Waals surface area contributed by atoms with Crippen molar-refractivity contribution in [1.29, 1.82) is 0 Å². The van der Waals surface area contributed by atoms with Gasteiger partial charge < -0.3 is 74.0 Å². The highest BCUT2D eigenvalue weighted by molar-refractivity contribution is 5.89. The van der Waals surface area contributed by atoms with Crippen LogP contribution in [0.1, 0.15) is 12.0 Å². The molecule has 8 N–H and O–H groups in total. The number of benzene rings is 1. The van der Waals surface area contributed by atoms with Gasteiger partial charge in [0.25, 0.3) is 0 Å². The molecule has 17 heteroatoms. The summed E-state index contributed by atoms with van der Waals surface area (Å²) in [6, 6.07) is 5.98. The van der Waals surface area contributed by atoms with Crippen LogP contribution in [0.3, 0.4) is 0 Å². The second-order valence-corrected chi connectivity index (χ2v) is 11.9. The lowest BCUT2D eigenvalue weighted by Gasteiger charge is -2.44. The molecule has 0 bridgehead atoms. The van der Waals surface area contributed by atoms with Crippen molar-refractivity contribution in [3.63, 3.8) is 0 Å². The van der Waals surface area contributed by atoms with Gasteiger partial charge in [-0.05, 0) is 35.8 Å². The zero-order valence-electron chi connectivity index (χ0n) is 26.2. The predicted molar refractivity (Wildman–Crippen MR) is 160 cm³/mol. The van der Waals surface area contributed by atoms with Gasteiger partial charge in [-0.3, -0.25) is 0 Å². The number of carbonyl (C=O) groups is 2. The summed E-state index contributed by atoms with van der Waals surface area (Å²) >= 11 is 0. The molecule has 1 aromatic rings. The number of carbonyl (C=O) groups excluding carboxylic acids is 2. The minimum atomic E-state index is -1.81. The number of phenolic OH excluding ortho intramolecular Hbond substituents is 1. The number of hydrogen-bond donors (Lipinski definition) is 8. The number of fused-ring (bicyclic) bond motifs is 1. The van der Waals surface area contributed by atoms with Gasteiger partial charge in [0.15, 0.2) is 12.6 Å². The van der Waals surface area contributed by atoms with Gasteiger partial charge >= 0.3 is 11.9 Å². The number of phenols is 1. The summed E-state index contributed by atoms with van der Waals surface area (Å²) in [4.78, 5) is 24.5. The van der Waals surface area contributed by atoms with Crippen molar-refractivity contribution in [3.05, 3.63) is 59.4 Å². The Balaban J connectivity index is 1.19. The van der Waals surface area contributed by atoms with Crippen LogP contribution in [0.5, 0.6) is 5.75 Å². The normalized spacial score (nSPS) is 37.5. The van der Waals surface area contributed by atoms with E-state index >= 15 is 0 Å². The third kappa shape index (κ3) is 8.13. The Morgan fingerprint density at radius 3 is 2.14 bits per heavy atom. The van der Waals surface area contributed by atoms with Gasteiger partial charge in [0.05, 0.1) is 38.1 Å². The summed E-state index contributed by atoms with van der Waals surface area (Å²) in [5, 5.41) is 82.6. The lowest BCUT2D eigenvalue weighted by Crippen LogP contribution is -2.62. The van der Waals surface area contributed by atoms with Crippen molar-refractivity contribution in [1.82, 2.24) is 0 Å². The quantitative estimate of drug-likeness (QED) is 0.0679. The molecule has 17 nitrogen and oxygen atoms in total. The van der Waals surface area contributed by atoms with E-state index in [1.165, 1.54) is 25.3 Å². The zero-order chi connectivity index (χ0) is 35.4. The lowest BCUT2D eigenvalue weighted by atomic mass is 9.83. The summed E-state index contributed by atoms with van der Waals surface area (Å²) in [5.74, 6) is -2.54. The highest BCUT2D eigenvalue weighted by atomic mass is 16.8. The monoisotopic (exact) mass is 696 g/mol. The lowest BCUT2D eigenvalue weighted by molar-refractivity contribution is -0.352. The van der Waals surface area contributed by atoms with Crippen LogP contribution in [0.2, 0.25) is 0 Å². The van der Waals surface area contributed by atoms with E-state index in [0.717, 1.165) is 12.3 Å². The SMILES string of the molecule is COC(=O)C1=CO[C@@H](O[C@@H]2O[C@H](CO[C@@H]3O[C@H](COC(=O)/C=C/c4ccc(O)cc4)[C@@H](O)[C@@H](O)[C@H]3O)[C@@H](O)[C@@H](O)[C@H]2O)[C@@H]2C(CO)=CC[C@H]12. The predicted octanol–water partition coefficient (Wildman–Crippen LogP) is -2.43. The van der Waals surface area contributed by atoms with E-state index < -0.39 is 105 Å². The van der Waals surface area contributed by atoms with Crippen molar-refractivity contribution in [2.45, 2.75) is 74.1 Å². The average molecular weight is 697 g/mol. The summed E-state index contributed by atoms with van der Waals surface area (Å²) in [7, 11) is 1.22. The number of aliphatic hydroxyl groups is 7. The van der Waals surface area contributed by atoms with E-state index in [9.17, 15) is 50.4 Å². The molecular formula is C32H40O17. The molecule has 49 heavy (non-hydrogen) atoms. The molecule has 3 aliphatic heterocycles. The second-order valence-electron chi connectivity index (χ2n) is 11.9. The molecule has 2 fully saturated rings. The Morgan fingerprint density at radius 1 is 0.857 bits per heavy atom. The zero-order valence-corrected chi connectivity index (χ0v) is 26.2. The number of allylic oxidation sites excluding steroid dienone is 1. The maximum Gasteiger partial charge on any atom is 0.337 e. The molecule has 0 amide bonds. The molecule has 0 saturated carbocycles. The van der Waals surface area contributed by atoms with Gasteiger partial charge in [0.2, 0.25) is 6.29 Å². The Morgan fingerprint density at radius 2 is 1.49 bits per heavy atom. The maximum absolute atomic E-state index is 12.3. The Bertz CT molecular complexity index is 1390. The van der Waals surface area contributed by atoms with Crippen LogP contribution in [0.25, 0.3) is 6.08 Å². The molecule has 270 valence electrons. The van der Waals surface area contributed by atoms with Gasteiger partial charge in [-0.25, -0.2) is 9.59 Å². The van der Waals surface area contributed by atoms with Crippen molar-refractivity contribution >= 4 is 18.0 Å². The standard InChI is InChI=1S/C32H40O17/c1-43-29(42)18-11-45-30(22-15(10-33)5-8-17(18)22)49-32-28(41)26(39)24(37)20(48-32)13-46-31-27(40)25(38)23(36)19(47-31)12-44-21(35)9-4-14-2-6-16(34)7-3-14/h2-7,9,11,17,19-20,22-28,30-34,36-41H,8,10,12-13H2,1H3/b9-4+/t17-,19-,20-,22-,23-,24-,25-,26-,27-,28-,30+,31-,32+/m1/s1. The summed E-state index contributed by atoms with van der Waals surface area (Å²) < 4.78 is 38.3. The Kier molecular flexibility index (Phi) is 12.1. The third-order valence-electron chi connectivity index (χ3n) is 8.85. The summed E-state index contributed by atoms with van der Waals surface area (Å²) in [5.41, 5.74) is 1.32. The first-order chi connectivity index (χ1) is 23.4. The average Bonchev–Trinajstić information content (AvgIpc) is 3.55. The van der Waals surface area contributed by atoms with Gasteiger partial charge in [-0.1, -0.05) is 18.2 Å². The maximum atomic E-state index is 12.3. The van der Waals surface area contributed by atoms with Gasteiger partial charge in [-0.15, -0.1) is 0 Å². The van der Waals surface area contributed by atoms with E-state index in [1.54, 1.807) is 18.2 Å². The fourth-order valence-corrected chi connectivity index (χ4v) is 6.06. The van der Waals surface area contributed by atoms with E-state index in [4.69, 9.17) is 33.2 Å². The van der Waals surface area contributed by atoms with Crippen molar-refractivity contribution in [2.75, 3.05) is 26.9 Å². The highest BCUT2D eigenvalue weighted by Gasteiger charge is 2.51. The van der Waals surface area contributed by atoms with Gasteiger partial charge in [0, 0.05) is 12.0 Å². The topological polar surface area (TPSA) is 261 Å².